The lowest BCUT2D eigenvalue weighted by Crippen LogP contribution is -2.44. The molecule has 106 valence electrons. The molecule has 2 N–H and O–H groups in total. The molecule has 3 nitrogen and oxygen atoms in total. The Morgan fingerprint density at radius 1 is 1.32 bits per heavy atom. The zero-order valence-corrected chi connectivity index (χ0v) is 11.9. The summed E-state index contributed by atoms with van der Waals surface area (Å²) in [6.07, 6.45) is 1.25. The highest BCUT2D eigenvalue weighted by molar-refractivity contribution is 5.19. The van der Waals surface area contributed by atoms with Gasteiger partial charge >= 0.3 is 0 Å². The number of nitrogens with zero attached hydrogens (tertiary/aromatic N) is 1. The van der Waals surface area contributed by atoms with Gasteiger partial charge in [-0.3, -0.25) is 0 Å². The van der Waals surface area contributed by atoms with Gasteiger partial charge in [-0.25, -0.2) is 0 Å². The molecule has 1 aromatic carbocycles. The number of benzene rings is 1. The molecule has 0 spiro atoms. The minimum absolute atomic E-state index is 0.210. The third-order valence-electron chi connectivity index (χ3n) is 3.97. The molecule has 19 heavy (non-hydrogen) atoms. The number of likely N-dealkylation sites (tertiary alicyclic amines) is 1. The summed E-state index contributed by atoms with van der Waals surface area (Å²) in [7, 11) is 0. The fraction of sp³-hybridized carbons (Fsp3) is 0.625. The molecule has 2 atom stereocenters. The van der Waals surface area contributed by atoms with Gasteiger partial charge in [-0.15, -0.1) is 0 Å². The van der Waals surface area contributed by atoms with Gasteiger partial charge in [0, 0.05) is 18.5 Å². The molecule has 1 aliphatic heterocycles. The van der Waals surface area contributed by atoms with Crippen LogP contribution in [0.25, 0.3) is 0 Å². The maximum absolute atomic E-state index is 10.6. The topological polar surface area (TPSA) is 43.7 Å². The summed E-state index contributed by atoms with van der Waals surface area (Å²) in [5.74, 6) is 0. The van der Waals surface area contributed by atoms with Crippen LogP contribution in [0.15, 0.2) is 30.3 Å². The molecule has 2 unspecified atom stereocenters. The van der Waals surface area contributed by atoms with Crippen molar-refractivity contribution in [1.82, 2.24) is 4.90 Å². The smallest absolute Gasteiger partial charge is 0.0853 e. The van der Waals surface area contributed by atoms with Crippen molar-refractivity contribution in [2.24, 2.45) is 5.41 Å². The van der Waals surface area contributed by atoms with Crippen molar-refractivity contribution in [2.45, 2.75) is 38.9 Å². The first-order valence-electron chi connectivity index (χ1n) is 7.12. The lowest BCUT2D eigenvalue weighted by atomic mass is 9.81. The zero-order chi connectivity index (χ0) is 13.9. The second-order valence-electron chi connectivity index (χ2n) is 6.33. The average Bonchev–Trinajstić information content (AvgIpc) is 2.38. The molecule has 1 aromatic rings. The van der Waals surface area contributed by atoms with Crippen LogP contribution in [0.4, 0.5) is 0 Å². The van der Waals surface area contributed by atoms with Crippen LogP contribution in [-0.2, 0) is 0 Å². The van der Waals surface area contributed by atoms with Crippen molar-refractivity contribution in [1.29, 1.82) is 0 Å². The van der Waals surface area contributed by atoms with Gasteiger partial charge in [0.15, 0.2) is 0 Å². The first-order chi connectivity index (χ1) is 8.99. The third-order valence-corrected chi connectivity index (χ3v) is 3.97. The molecule has 3 heteroatoms. The monoisotopic (exact) mass is 263 g/mol. The average molecular weight is 263 g/mol. The minimum Gasteiger partial charge on any atom is -0.392 e. The van der Waals surface area contributed by atoms with Crippen molar-refractivity contribution in [3.63, 3.8) is 0 Å². The van der Waals surface area contributed by atoms with E-state index in [2.05, 4.69) is 18.7 Å². The second kappa shape index (κ2) is 6.04. The summed E-state index contributed by atoms with van der Waals surface area (Å²) in [5, 5.41) is 20.3. The van der Waals surface area contributed by atoms with Gasteiger partial charge < -0.3 is 15.1 Å². The van der Waals surface area contributed by atoms with E-state index in [1.807, 2.05) is 30.3 Å². The Kier molecular flexibility index (Phi) is 4.61. The number of hydrogen-bond acceptors (Lipinski definition) is 3. The van der Waals surface area contributed by atoms with Gasteiger partial charge in [0.1, 0.15) is 0 Å². The molecule has 1 saturated heterocycles. The number of piperidine rings is 1. The van der Waals surface area contributed by atoms with Crippen LogP contribution in [0.3, 0.4) is 0 Å². The van der Waals surface area contributed by atoms with E-state index in [4.69, 9.17) is 0 Å². The highest BCUT2D eigenvalue weighted by Crippen LogP contribution is 2.34. The van der Waals surface area contributed by atoms with Gasteiger partial charge in [0.05, 0.1) is 12.2 Å². The summed E-state index contributed by atoms with van der Waals surface area (Å²) in [5.41, 5.74) is 0.739. The zero-order valence-electron chi connectivity index (χ0n) is 11.9. The fourth-order valence-corrected chi connectivity index (χ4v) is 2.92. The van der Waals surface area contributed by atoms with Crippen LogP contribution in [0, 0.1) is 5.41 Å². The van der Waals surface area contributed by atoms with Crippen molar-refractivity contribution < 1.29 is 10.2 Å². The molecular formula is C16H25NO2. The first kappa shape index (κ1) is 14.5. The lowest BCUT2D eigenvalue weighted by Gasteiger charge is -2.39. The maximum atomic E-state index is 10.6. The summed E-state index contributed by atoms with van der Waals surface area (Å²) in [4.78, 5) is 2.26. The van der Waals surface area contributed by atoms with Gasteiger partial charge in [-0.05, 0) is 24.9 Å². The third kappa shape index (κ3) is 3.78. The summed E-state index contributed by atoms with van der Waals surface area (Å²) in [6, 6.07) is 9.82. The Balaban J connectivity index is 2.01. The molecule has 1 aliphatic rings. The largest absolute Gasteiger partial charge is 0.392 e. The molecule has 0 amide bonds. The van der Waals surface area contributed by atoms with Gasteiger partial charge in [0.25, 0.3) is 0 Å². The van der Waals surface area contributed by atoms with Gasteiger partial charge in [-0.2, -0.15) is 0 Å². The van der Waals surface area contributed by atoms with E-state index in [0.29, 0.717) is 0 Å². The Morgan fingerprint density at radius 3 is 2.63 bits per heavy atom. The summed E-state index contributed by atoms with van der Waals surface area (Å²) >= 11 is 0. The van der Waals surface area contributed by atoms with Crippen molar-refractivity contribution in [3.05, 3.63) is 35.9 Å². The molecule has 1 heterocycles. The van der Waals surface area contributed by atoms with Gasteiger partial charge in [0.2, 0.25) is 0 Å². The summed E-state index contributed by atoms with van der Waals surface area (Å²) in [6.45, 7) is 6.73. The molecule has 0 bridgehead atoms. The van der Waals surface area contributed by atoms with Gasteiger partial charge in [-0.1, -0.05) is 44.2 Å². The molecule has 1 fully saturated rings. The summed E-state index contributed by atoms with van der Waals surface area (Å²) < 4.78 is 0. The standard InChI is InChI=1S/C16H25NO2/c1-16(2,12-17-10-6-9-14(18)11-17)15(19)13-7-4-3-5-8-13/h3-5,7-8,14-15,18-19H,6,9-12H2,1-2H3. The second-order valence-corrected chi connectivity index (χ2v) is 6.33. The minimum atomic E-state index is -0.479. The SMILES string of the molecule is CC(C)(CN1CCCC(O)C1)C(O)c1ccccc1. The van der Waals surface area contributed by atoms with E-state index in [1.54, 1.807) is 0 Å². The lowest BCUT2D eigenvalue weighted by molar-refractivity contribution is -0.00504. The van der Waals surface area contributed by atoms with E-state index >= 15 is 0 Å². The Labute approximate surface area is 115 Å². The number of aliphatic hydroxyl groups is 2. The van der Waals surface area contributed by atoms with E-state index in [9.17, 15) is 10.2 Å². The van der Waals surface area contributed by atoms with Crippen LogP contribution < -0.4 is 0 Å². The van der Waals surface area contributed by atoms with Crippen LogP contribution >= 0.6 is 0 Å². The van der Waals surface area contributed by atoms with Crippen LogP contribution in [0.1, 0.15) is 38.4 Å². The highest BCUT2D eigenvalue weighted by Gasteiger charge is 2.32. The number of rotatable bonds is 4. The Morgan fingerprint density at radius 2 is 2.00 bits per heavy atom. The predicted molar refractivity (Wildman–Crippen MR) is 76.9 cm³/mol. The van der Waals surface area contributed by atoms with Crippen LogP contribution in [0.2, 0.25) is 0 Å². The number of aliphatic hydroxyl groups excluding tert-OH is 2. The van der Waals surface area contributed by atoms with E-state index in [1.165, 1.54) is 0 Å². The Hall–Kier alpha value is -0.900. The van der Waals surface area contributed by atoms with Crippen LogP contribution in [0.5, 0.6) is 0 Å². The molecule has 0 saturated carbocycles. The van der Waals surface area contributed by atoms with E-state index < -0.39 is 6.10 Å². The maximum Gasteiger partial charge on any atom is 0.0853 e. The molecule has 2 rings (SSSR count). The number of hydrogen-bond donors (Lipinski definition) is 2. The fourth-order valence-electron chi connectivity index (χ4n) is 2.92. The number of β-amino-alcohol motifs (C(OH)–C–C–N with tert-alkyl or cyclic N) is 1. The normalized spacial score (nSPS) is 23.3. The molecular weight excluding hydrogens is 238 g/mol. The molecule has 0 aromatic heterocycles. The highest BCUT2D eigenvalue weighted by atomic mass is 16.3. The Bertz CT molecular complexity index is 391. The first-order valence-corrected chi connectivity index (χ1v) is 7.12. The van der Waals surface area contributed by atoms with Crippen molar-refractivity contribution in [3.8, 4) is 0 Å². The van der Waals surface area contributed by atoms with E-state index in [0.717, 1.165) is 38.0 Å². The van der Waals surface area contributed by atoms with Crippen molar-refractivity contribution in [2.75, 3.05) is 19.6 Å². The predicted octanol–water partition coefficient (Wildman–Crippen LogP) is 2.20. The molecule has 0 radical (unpaired) electrons. The molecule has 0 aliphatic carbocycles. The van der Waals surface area contributed by atoms with Crippen LogP contribution in [-0.4, -0.2) is 40.9 Å². The van der Waals surface area contributed by atoms with E-state index in [-0.39, 0.29) is 11.5 Å². The quantitative estimate of drug-likeness (QED) is 0.875. The van der Waals surface area contributed by atoms with Crippen molar-refractivity contribution >= 4 is 0 Å².